The molecule has 1 aromatic heterocycles. The van der Waals surface area contributed by atoms with Crippen LogP contribution >= 0.6 is 0 Å². The fourth-order valence-corrected chi connectivity index (χ4v) is 0.644. The van der Waals surface area contributed by atoms with Gasteiger partial charge in [-0.2, -0.15) is 0 Å². The maximum atomic E-state index is 5.57. The number of hydrogen-bond donors (Lipinski definition) is 1. The second-order valence-electron chi connectivity index (χ2n) is 1.93. The topological polar surface area (TPSA) is 52.0 Å². The van der Waals surface area contributed by atoms with Gasteiger partial charge in [0.05, 0.1) is 12.2 Å². The lowest BCUT2D eigenvalue weighted by Gasteiger charge is -1.99. The van der Waals surface area contributed by atoms with Crippen LogP contribution in [0.15, 0.2) is 16.8 Å². The Labute approximate surface area is 59.2 Å². The largest absolute Gasteiger partial charge is 0.360 e. The molecule has 1 heterocycles. The molecule has 1 aromatic rings. The van der Waals surface area contributed by atoms with E-state index in [2.05, 4.69) is 11.1 Å². The highest BCUT2D eigenvalue weighted by Gasteiger charge is 2.06. The van der Waals surface area contributed by atoms with E-state index in [4.69, 9.17) is 16.7 Å². The van der Waals surface area contributed by atoms with Crippen LogP contribution in [0.25, 0.3) is 0 Å². The first-order valence-corrected chi connectivity index (χ1v) is 2.94. The third-order valence-electron chi connectivity index (χ3n) is 1.16. The molecule has 1 atom stereocenters. The monoisotopic (exact) mass is 136 g/mol. The van der Waals surface area contributed by atoms with E-state index in [9.17, 15) is 0 Å². The summed E-state index contributed by atoms with van der Waals surface area (Å²) in [5, 5.41) is 3.50. The fourth-order valence-electron chi connectivity index (χ4n) is 0.644. The van der Waals surface area contributed by atoms with Crippen LogP contribution < -0.4 is 5.73 Å². The summed E-state index contributed by atoms with van der Waals surface area (Å²) in [6, 6.07) is 1.50. The number of nitrogens with two attached hydrogens (primary N) is 1. The van der Waals surface area contributed by atoms with E-state index in [1.165, 1.54) is 0 Å². The Kier molecular flexibility index (Phi) is 2.08. The lowest BCUT2D eigenvalue weighted by Crippen LogP contribution is -2.07. The molecule has 3 heteroatoms. The van der Waals surface area contributed by atoms with Crippen molar-refractivity contribution >= 4 is 0 Å². The van der Waals surface area contributed by atoms with Gasteiger partial charge in [-0.3, -0.25) is 0 Å². The van der Waals surface area contributed by atoms with Gasteiger partial charge in [0.2, 0.25) is 0 Å². The summed E-state index contributed by atoms with van der Waals surface area (Å²) in [6.07, 6.45) is 7.07. The van der Waals surface area contributed by atoms with Crippen LogP contribution in [0.2, 0.25) is 0 Å². The first-order chi connectivity index (χ1) is 4.84. The minimum atomic E-state index is -0.215. The SMILES string of the molecule is C#CC[C@H](N)c1ccno1. The molecule has 2 N–H and O–H groups in total. The van der Waals surface area contributed by atoms with Gasteiger partial charge in [0, 0.05) is 12.5 Å². The van der Waals surface area contributed by atoms with Crippen molar-refractivity contribution < 1.29 is 4.52 Å². The van der Waals surface area contributed by atoms with Crippen molar-refractivity contribution in [2.45, 2.75) is 12.5 Å². The average molecular weight is 136 g/mol. The smallest absolute Gasteiger partial charge is 0.154 e. The number of rotatable bonds is 2. The first-order valence-electron chi connectivity index (χ1n) is 2.94. The standard InChI is InChI=1S/C7H8N2O/c1-2-3-6(8)7-4-5-9-10-7/h1,4-6H,3,8H2/t6-/m0/s1. The van der Waals surface area contributed by atoms with E-state index < -0.39 is 0 Å². The van der Waals surface area contributed by atoms with Crippen LogP contribution in [0.3, 0.4) is 0 Å². The second-order valence-corrected chi connectivity index (χ2v) is 1.93. The van der Waals surface area contributed by atoms with E-state index >= 15 is 0 Å². The summed E-state index contributed by atoms with van der Waals surface area (Å²) < 4.78 is 4.78. The molecule has 1 rings (SSSR count). The molecule has 0 saturated carbocycles. The van der Waals surface area contributed by atoms with Crippen molar-refractivity contribution in [3.63, 3.8) is 0 Å². The summed E-state index contributed by atoms with van der Waals surface area (Å²) in [6.45, 7) is 0. The molecule has 0 spiro atoms. The molecule has 52 valence electrons. The van der Waals surface area contributed by atoms with Crippen LogP contribution in [0, 0.1) is 12.3 Å². The maximum absolute atomic E-state index is 5.57. The Morgan fingerprint density at radius 3 is 3.20 bits per heavy atom. The normalized spacial score (nSPS) is 12.4. The molecular formula is C7H8N2O. The first kappa shape index (κ1) is 6.84. The number of nitrogens with zero attached hydrogens (tertiary/aromatic N) is 1. The van der Waals surface area contributed by atoms with E-state index in [0.717, 1.165) is 0 Å². The highest BCUT2D eigenvalue weighted by Crippen LogP contribution is 2.10. The minimum Gasteiger partial charge on any atom is -0.360 e. The van der Waals surface area contributed by atoms with Crippen LogP contribution in [0.4, 0.5) is 0 Å². The minimum absolute atomic E-state index is 0.215. The zero-order chi connectivity index (χ0) is 7.40. The lowest BCUT2D eigenvalue weighted by atomic mass is 10.2. The molecule has 0 amide bonds. The van der Waals surface area contributed by atoms with Gasteiger partial charge in [-0.15, -0.1) is 12.3 Å². The summed E-state index contributed by atoms with van der Waals surface area (Å²) in [5.41, 5.74) is 5.57. The average Bonchev–Trinajstić information content (AvgIpc) is 2.38. The molecule has 0 radical (unpaired) electrons. The van der Waals surface area contributed by atoms with Crippen molar-refractivity contribution in [2.24, 2.45) is 5.73 Å². The van der Waals surface area contributed by atoms with Gasteiger partial charge in [-0.05, 0) is 0 Å². The predicted octanol–water partition coefficient (Wildman–Crippen LogP) is 0.698. The summed E-state index contributed by atoms with van der Waals surface area (Å²) in [7, 11) is 0. The molecule has 0 aliphatic rings. The lowest BCUT2D eigenvalue weighted by molar-refractivity contribution is 0.363. The second kappa shape index (κ2) is 3.04. The van der Waals surface area contributed by atoms with Crippen LogP contribution in [0.5, 0.6) is 0 Å². The molecule has 3 nitrogen and oxygen atoms in total. The molecule has 0 saturated heterocycles. The highest BCUT2D eigenvalue weighted by molar-refractivity contribution is 5.03. The molecule has 0 aliphatic heterocycles. The van der Waals surface area contributed by atoms with E-state index in [1.807, 2.05) is 0 Å². The Bertz CT molecular complexity index is 222. The molecule has 10 heavy (non-hydrogen) atoms. The molecule has 0 fully saturated rings. The van der Waals surface area contributed by atoms with Gasteiger partial charge < -0.3 is 10.3 Å². The predicted molar refractivity (Wildman–Crippen MR) is 36.9 cm³/mol. The van der Waals surface area contributed by atoms with E-state index in [1.54, 1.807) is 12.3 Å². The Morgan fingerprint density at radius 1 is 1.90 bits per heavy atom. The van der Waals surface area contributed by atoms with Gasteiger partial charge in [-0.1, -0.05) is 5.16 Å². The molecule has 0 unspecified atom stereocenters. The van der Waals surface area contributed by atoms with Crippen molar-refractivity contribution in [3.8, 4) is 12.3 Å². The Hall–Kier alpha value is -1.27. The molecule has 0 bridgehead atoms. The van der Waals surface area contributed by atoms with Crippen LogP contribution in [0.1, 0.15) is 18.2 Å². The van der Waals surface area contributed by atoms with E-state index in [-0.39, 0.29) is 6.04 Å². The Balaban J connectivity index is 2.61. The number of terminal acetylenes is 1. The van der Waals surface area contributed by atoms with Gasteiger partial charge >= 0.3 is 0 Å². The number of hydrogen-bond acceptors (Lipinski definition) is 3. The van der Waals surface area contributed by atoms with Crippen LogP contribution in [-0.4, -0.2) is 5.16 Å². The van der Waals surface area contributed by atoms with Crippen molar-refractivity contribution in [2.75, 3.05) is 0 Å². The van der Waals surface area contributed by atoms with Crippen molar-refractivity contribution in [1.29, 1.82) is 0 Å². The highest BCUT2D eigenvalue weighted by atomic mass is 16.5. The van der Waals surface area contributed by atoms with E-state index in [0.29, 0.717) is 12.2 Å². The van der Waals surface area contributed by atoms with Crippen molar-refractivity contribution in [3.05, 3.63) is 18.0 Å². The fraction of sp³-hybridized carbons (Fsp3) is 0.286. The van der Waals surface area contributed by atoms with Gasteiger partial charge in [0.15, 0.2) is 5.76 Å². The molecule has 0 aliphatic carbocycles. The zero-order valence-corrected chi connectivity index (χ0v) is 5.45. The summed E-state index contributed by atoms with van der Waals surface area (Å²) in [4.78, 5) is 0. The maximum Gasteiger partial charge on any atom is 0.154 e. The van der Waals surface area contributed by atoms with Gasteiger partial charge in [0.25, 0.3) is 0 Å². The van der Waals surface area contributed by atoms with Gasteiger partial charge in [0.1, 0.15) is 0 Å². The zero-order valence-electron chi connectivity index (χ0n) is 5.45. The van der Waals surface area contributed by atoms with Gasteiger partial charge in [-0.25, -0.2) is 0 Å². The number of aromatic nitrogens is 1. The van der Waals surface area contributed by atoms with Crippen LogP contribution in [-0.2, 0) is 0 Å². The summed E-state index contributed by atoms with van der Waals surface area (Å²) >= 11 is 0. The third-order valence-corrected chi connectivity index (χ3v) is 1.16. The van der Waals surface area contributed by atoms with Crippen molar-refractivity contribution in [1.82, 2.24) is 5.16 Å². The summed E-state index contributed by atoms with van der Waals surface area (Å²) in [5.74, 6) is 3.08. The quantitative estimate of drug-likeness (QED) is 0.609. The molecular weight excluding hydrogens is 128 g/mol. The Morgan fingerprint density at radius 2 is 2.70 bits per heavy atom. The molecule has 0 aromatic carbocycles. The third kappa shape index (κ3) is 1.36.